The van der Waals surface area contributed by atoms with Crippen LogP contribution in [0, 0.1) is 0 Å². The summed E-state index contributed by atoms with van der Waals surface area (Å²) in [4.78, 5) is 21.1. The van der Waals surface area contributed by atoms with Crippen molar-refractivity contribution in [1.82, 2.24) is 24.4 Å². The third-order valence-corrected chi connectivity index (χ3v) is 4.41. The molecule has 0 spiro atoms. The molecule has 3 aromatic heterocycles. The van der Waals surface area contributed by atoms with E-state index in [9.17, 15) is 4.79 Å². The van der Waals surface area contributed by atoms with Gasteiger partial charge in [0.1, 0.15) is 12.1 Å². The van der Waals surface area contributed by atoms with Crippen LogP contribution in [-0.4, -0.2) is 25.0 Å². The van der Waals surface area contributed by atoms with Gasteiger partial charge < -0.3 is 9.88 Å². The van der Waals surface area contributed by atoms with E-state index in [-0.39, 0.29) is 5.91 Å². The van der Waals surface area contributed by atoms with Gasteiger partial charge >= 0.3 is 0 Å². The summed E-state index contributed by atoms with van der Waals surface area (Å²) in [6, 6.07) is 11.8. The molecule has 4 rings (SSSR count). The van der Waals surface area contributed by atoms with Crippen molar-refractivity contribution >= 4 is 16.8 Å². The average Bonchev–Trinajstić information content (AvgIpc) is 3.34. The van der Waals surface area contributed by atoms with E-state index in [2.05, 4.69) is 26.8 Å². The lowest BCUT2D eigenvalue weighted by Crippen LogP contribution is -2.22. The molecule has 0 aliphatic rings. The van der Waals surface area contributed by atoms with E-state index in [0.29, 0.717) is 12.1 Å². The minimum absolute atomic E-state index is 0.0768. The van der Waals surface area contributed by atoms with Gasteiger partial charge in [0.25, 0.3) is 5.91 Å². The molecule has 1 aromatic carbocycles. The smallest absolute Gasteiger partial charge is 0.253 e. The van der Waals surface area contributed by atoms with Gasteiger partial charge in [0.05, 0.1) is 5.56 Å². The lowest BCUT2D eigenvalue weighted by atomic mass is 10.1. The predicted octanol–water partition coefficient (Wildman–Crippen LogP) is 3.17. The number of hydrogen-bond donors (Lipinski definition) is 1. The Hall–Kier alpha value is -3.41. The first-order valence-corrected chi connectivity index (χ1v) is 8.55. The Bertz CT molecular complexity index is 1030. The Morgan fingerprint density at radius 2 is 2.08 bits per heavy atom. The molecule has 0 aliphatic carbocycles. The molecule has 1 N–H and O–H groups in total. The molecular weight excluding hydrogens is 326 g/mol. The standard InChI is InChI=1S/C20H19N5O/c1-2-24-13-17(16-5-3-4-6-18(16)24)20(26)23-12-15-7-8-19(22-11-15)25-10-9-21-14-25/h3-11,13-14H,2,12H2,1H3,(H,23,26). The quantitative estimate of drug-likeness (QED) is 0.604. The van der Waals surface area contributed by atoms with E-state index in [4.69, 9.17) is 0 Å². The minimum atomic E-state index is -0.0768. The van der Waals surface area contributed by atoms with Gasteiger partial charge in [0.2, 0.25) is 0 Å². The normalized spacial score (nSPS) is 11.0. The molecule has 6 heteroatoms. The van der Waals surface area contributed by atoms with Gasteiger partial charge in [-0.05, 0) is 24.6 Å². The number of pyridine rings is 1. The Labute approximate surface area is 151 Å². The number of nitrogens with zero attached hydrogens (tertiary/aromatic N) is 4. The average molecular weight is 345 g/mol. The highest BCUT2D eigenvalue weighted by Crippen LogP contribution is 2.21. The molecule has 0 radical (unpaired) electrons. The molecule has 0 unspecified atom stereocenters. The highest BCUT2D eigenvalue weighted by atomic mass is 16.1. The van der Waals surface area contributed by atoms with Crippen LogP contribution < -0.4 is 5.32 Å². The Morgan fingerprint density at radius 1 is 1.19 bits per heavy atom. The highest BCUT2D eigenvalue weighted by molar-refractivity contribution is 6.06. The molecular formula is C20H19N5O. The van der Waals surface area contributed by atoms with Crippen molar-refractivity contribution < 1.29 is 4.79 Å². The number of amides is 1. The number of imidazole rings is 1. The molecule has 0 bridgehead atoms. The zero-order chi connectivity index (χ0) is 17.9. The van der Waals surface area contributed by atoms with Gasteiger partial charge in [-0.1, -0.05) is 24.3 Å². The number of benzene rings is 1. The fraction of sp³-hybridized carbons (Fsp3) is 0.150. The first kappa shape index (κ1) is 16.1. The molecule has 130 valence electrons. The summed E-state index contributed by atoms with van der Waals surface area (Å²) in [7, 11) is 0. The van der Waals surface area contributed by atoms with Crippen LogP contribution in [0.15, 0.2) is 67.5 Å². The zero-order valence-corrected chi connectivity index (χ0v) is 14.5. The minimum Gasteiger partial charge on any atom is -0.348 e. The van der Waals surface area contributed by atoms with Crippen molar-refractivity contribution in [3.63, 3.8) is 0 Å². The number of aryl methyl sites for hydroxylation is 1. The predicted molar refractivity (Wildman–Crippen MR) is 100 cm³/mol. The number of aromatic nitrogens is 4. The molecule has 0 atom stereocenters. The van der Waals surface area contributed by atoms with Crippen LogP contribution in [-0.2, 0) is 13.1 Å². The summed E-state index contributed by atoms with van der Waals surface area (Å²) >= 11 is 0. The molecule has 4 aromatic rings. The molecule has 26 heavy (non-hydrogen) atoms. The number of para-hydroxylation sites is 1. The lowest BCUT2D eigenvalue weighted by molar-refractivity contribution is 0.0952. The second-order valence-corrected chi connectivity index (χ2v) is 6.02. The summed E-state index contributed by atoms with van der Waals surface area (Å²) in [6.45, 7) is 3.33. The van der Waals surface area contributed by atoms with Crippen molar-refractivity contribution in [2.75, 3.05) is 0 Å². The van der Waals surface area contributed by atoms with Crippen LogP contribution in [0.25, 0.3) is 16.7 Å². The summed E-state index contributed by atoms with van der Waals surface area (Å²) in [5.74, 6) is 0.718. The number of hydrogen-bond acceptors (Lipinski definition) is 3. The van der Waals surface area contributed by atoms with Crippen LogP contribution >= 0.6 is 0 Å². The third kappa shape index (κ3) is 2.97. The van der Waals surface area contributed by atoms with E-state index in [0.717, 1.165) is 28.8 Å². The maximum absolute atomic E-state index is 12.7. The SMILES string of the molecule is CCn1cc(C(=O)NCc2ccc(-n3ccnc3)nc2)c2ccccc21. The van der Waals surface area contributed by atoms with E-state index in [1.54, 1.807) is 18.7 Å². The molecule has 0 saturated heterocycles. The first-order valence-electron chi connectivity index (χ1n) is 8.55. The highest BCUT2D eigenvalue weighted by Gasteiger charge is 2.14. The third-order valence-electron chi connectivity index (χ3n) is 4.41. The lowest BCUT2D eigenvalue weighted by Gasteiger charge is -2.06. The zero-order valence-electron chi connectivity index (χ0n) is 14.5. The maximum Gasteiger partial charge on any atom is 0.253 e. The summed E-state index contributed by atoms with van der Waals surface area (Å²) in [5.41, 5.74) is 2.72. The number of carbonyl (C=O) groups is 1. The summed E-state index contributed by atoms with van der Waals surface area (Å²) in [5, 5.41) is 3.96. The van der Waals surface area contributed by atoms with Gasteiger partial charge in [0, 0.05) is 48.8 Å². The van der Waals surface area contributed by atoms with Crippen LogP contribution in [0.2, 0.25) is 0 Å². The second kappa shape index (κ2) is 6.84. The molecule has 0 fully saturated rings. The number of fused-ring (bicyclic) bond motifs is 1. The largest absolute Gasteiger partial charge is 0.348 e. The Kier molecular flexibility index (Phi) is 4.23. The fourth-order valence-corrected chi connectivity index (χ4v) is 3.04. The van der Waals surface area contributed by atoms with Crippen molar-refractivity contribution in [1.29, 1.82) is 0 Å². The summed E-state index contributed by atoms with van der Waals surface area (Å²) < 4.78 is 3.92. The monoisotopic (exact) mass is 345 g/mol. The van der Waals surface area contributed by atoms with Crippen LogP contribution in [0.3, 0.4) is 0 Å². The van der Waals surface area contributed by atoms with E-state index in [1.165, 1.54) is 0 Å². The fourth-order valence-electron chi connectivity index (χ4n) is 3.04. The first-order chi connectivity index (χ1) is 12.8. The van der Waals surface area contributed by atoms with Crippen molar-refractivity contribution in [3.05, 3.63) is 78.6 Å². The molecule has 0 aliphatic heterocycles. The van der Waals surface area contributed by atoms with E-state index >= 15 is 0 Å². The molecule has 1 amide bonds. The Balaban J connectivity index is 1.49. The van der Waals surface area contributed by atoms with Crippen LogP contribution in [0.1, 0.15) is 22.8 Å². The van der Waals surface area contributed by atoms with Gasteiger partial charge in [-0.25, -0.2) is 9.97 Å². The van der Waals surface area contributed by atoms with Gasteiger partial charge in [-0.3, -0.25) is 9.36 Å². The number of rotatable bonds is 5. The molecule has 3 heterocycles. The van der Waals surface area contributed by atoms with Crippen molar-refractivity contribution in [3.8, 4) is 5.82 Å². The van der Waals surface area contributed by atoms with Gasteiger partial charge in [-0.2, -0.15) is 0 Å². The van der Waals surface area contributed by atoms with Gasteiger partial charge in [0.15, 0.2) is 0 Å². The Morgan fingerprint density at radius 3 is 2.81 bits per heavy atom. The van der Waals surface area contributed by atoms with Crippen LogP contribution in [0.4, 0.5) is 0 Å². The van der Waals surface area contributed by atoms with E-state index in [1.807, 2.05) is 53.4 Å². The number of nitrogens with one attached hydrogen (secondary N) is 1. The van der Waals surface area contributed by atoms with Crippen molar-refractivity contribution in [2.24, 2.45) is 0 Å². The van der Waals surface area contributed by atoms with E-state index < -0.39 is 0 Å². The van der Waals surface area contributed by atoms with Gasteiger partial charge in [-0.15, -0.1) is 0 Å². The topological polar surface area (TPSA) is 64.7 Å². The molecule has 6 nitrogen and oxygen atoms in total. The number of carbonyl (C=O) groups excluding carboxylic acids is 1. The maximum atomic E-state index is 12.7. The second-order valence-electron chi connectivity index (χ2n) is 6.02. The molecule has 0 saturated carbocycles. The van der Waals surface area contributed by atoms with Crippen molar-refractivity contribution in [2.45, 2.75) is 20.0 Å². The van der Waals surface area contributed by atoms with Crippen LogP contribution in [0.5, 0.6) is 0 Å². The summed E-state index contributed by atoms with van der Waals surface area (Å²) in [6.07, 6.45) is 8.94.